The van der Waals surface area contributed by atoms with Crippen LogP contribution in [0.25, 0.3) is 0 Å². The molecule has 10 nitrogen and oxygen atoms in total. The molecule has 1 unspecified atom stereocenters. The van der Waals surface area contributed by atoms with Crippen LogP contribution in [0.3, 0.4) is 0 Å². The van der Waals surface area contributed by atoms with E-state index in [1.54, 1.807) is 37.6 Å². The van der Waals surface area contributed by atoms with Crippen LogP contribution >= 0.6 is 11.8 Å². The van der Waals surface area contributed by atoms with Crippen LogP contribution in [0.2, 0.25) is 0 Å². The summed E-state index contributed by atoms with van der Waals surface area (Å²) in [5, 5.41) is 3.81. The summed E-state index contributed by atoms with van der Waals surface area (Å²) in [6, 6.07) is 8.36. The maximum absolute atomic E-state index is 11.9. The van der Waals surface area contributed by atoms with Crippen LogP contribution < -0.4 is 20.7 Å². The number of rotatable bonds is 7. The maximum atomic E-state index is 11.9. The van der Waals surface area contributed by atoms with Crippen LogP contribution in [0.15, 0.2) is 59.1 Å². The van der Waals surface area contributed by atoms with Crippen molar-refractivity contribution in [1.29, 1.82) is 0 Å². The van der Waals surface area contributed by atoms with Crippen molar-refractivity contribution in [2.24, 2.45) is 5.73 Å². The van der Waals surface area contributed by atoms with Crippen molar-refractivity contribution in [2.75, 3.05) is 43.4 Å². The average molecular weight is 467 g/mol. The Morgan fingerprint density at radius 3 is 2.70 bits per heavy atom. The van der Waals surface area contributed by atoms with Gasteiger partial charge in [0.1, 0.15) is 22.3 Å². The summed E-state index contributed by atoms with van der Waals surface area (Å²) < 4.78 is 6.10. The number of ether oxygens (including phenoxy) is 1. The molecule has 0 bridgehead atoms. The molecule has 1 amide bonds. The molecule has 1 aliphatic rings. The summed E-state index contributed by atoms with van der Waals surface area (Å²) in [6.07, 6.45) is 5.13. The summed E-state index contributed by atoms with van der Waals surface area (Å²) in [5.74, 6) is 1.18. The molecule has 0 aliphatic carbocycles. The molecule has 4 heterocycles. The molecule has 1 fully saturated rings. The van der Waals surface area contributed by atoms with Crippen LogP contribution in [0, 0.1) is 0 Å². The van der Waals surface area contributed by atoms with E-state index in [-0.39, 0.29) is 5.91 Å². The fourth-order valence-electron chi connectivity index (χ4n) is 3.13. The highest BCUT2D eigenvalue weighted by molar-refractivity contribution is 7.99. The topological polar surface area (TPSA) is 122 Å². The SMILES string of the molecule is CC(N)C(=O)Nc1cccc(Sc2ncc(N3CCN(C)CC3)c(Oc3cccnc3)n2)n1. The lowest BCUT2D eigenvalue weighted by atomic mass is 10.3. The zero-order valence-corrected chi connectivity index (χ0v) is 19.3. The molecule has 1 atom stereocenters. The van der Waals surface area contributed by atoms with E-state index in [0.717, 1.165) is 31.9 Å². The van der Waals surface area contributed by atoms with Gasteiger partial charge in [0.05, 0.1) is 18.4 Å². The van der Waals surface area contributed by atoms with Gasteiger partial charge in [-0.15, -0.1) is 0 Å². The summed E-state index contributed by atoms with van der Waals surface area (Å²) in [5.41, 5.74) is 6.45. The van der Waals surface area contributed by atoms with Gasteiger partial charge in [0, 0.05) is 32.4 Å². The van der Waals surface area contributed by atoms with Gasteiger partial charge in [-0.05, 0) is 50.0 Å². The third-order valence-electron chi connectivity index (χ3n) is 4.99. The van der Waals surface area contributed by atoms with Gasteiger partial charge in [-0.25, -0.2) is 9.97 Å². The molecule has 0 saturated carbocycles. The summed E-state index contributed by atoms with van der Waals surface area (Å²) in [7, 11) is 2.11. The molecule has 4 rings (SSSR count). The highest BCUT2D eigenvalue weighted by Crippen LogP contribution is 2.33. The Morgan fingerprint density at radius 2 is 1.97 bits per heavy atom. The Labute approximate surface area is 196 Å². The van der Waals surface area contributed by atoms with Crippen LogP contribution in [0.4, 0.5) is 11.5 Å². The third-order valence-corrected chi connectivity index (χ3v) is 5.81. The number of hydrogen-bond donors (Lipinski definition) is 2. The molecule has 172 valence electrons. The number of carbonyl (C=O) groups is 1. The van der Waals surface area contributed by atoms with Crippen LogP contribution in [0.1, 0.15) is 6.92 Å². The molecular formula is C22H26N8O2S. The predicted molar refractivity (Wildman–Crippen MR) is 127 cm³/mol. The second-order valence-electron chi connectivity index (χ2n) is 7.67. The largest absolute Gasteiger partial charge is 0.435 e. The van der Waals surface area contributed by atoms with E-state index < -0.39 is 6.04 Å². The van der Waals surface area contributed by atoms with Crippen LogP contribution in [0.5, 0.6) is 11.6 Å². The van der Waals surface area contributed by atoms with E-state index in [4.69, 9.17) is 10.5 Å². The van der Waals surface area contributed by atoms with Crippen molar-refractivity contribution >= 4 is 29.2 Å². The number of carbonyl (C=O) groups excluding carboxylic acids is 1. The van der Waals surface area contributed by atoms with Gasteiger partial charge in [-0.2, -0.15) is 4.98 Å². The number of nitrogens with zero attached hydrogens (tertiary/aromatic N) is 6. The van der Waals surface area contributed by atoms with Gasteiger partial charge in [0.2, 0.25) is 11.8 Å². The fourth-order valence-corrected chi connectivity index (χ4v) is 3.84. The zero-order valence-electron chi connectivity index (χ0n) is 18.5. The second kappa shape index (κ2) is 10.6. The minimum Gasteiger partial charge on any atom is -0.435 e. The molecule has 0 radical (unpaired) electrons. The maximum Gasteiger partial charge on any atom is 0.247 e. The van der Waals surface area contributed by atoms with Gasteiger partial charge < -0.3 is 25.6 Å². The molecular weight excluding hydrogens is 440 g/mol. The van der Waals surface area contributed by atoms with E-state index in [9.17, 15) is 4.79 Å². The molecule has 0 aromatic carbocycles. The van der Waals surface area contributed by atoms with Crippen molar-refractivity contribution in [3.8, 4) is 11.6 Å². The normalized spacial score (nSPS) is 15.2. The minimum absolute atomic E-state index is 0.301. The molecule has 1 aliphatic heterocycles. The van der Waals surface area contributed by atoms with Gasteiger partial charge in [-0.1, -0.05) is 6.07 Å². The van der Waals surface area contributed by atoms with Crippen molar-refractivity contribution in [1.82, 2.24) is 24.8 Å². The number of nitrogens with one attached hydrogen (secondary N) is 1. The number of likely N-dealkylation sites (N-methyl/N-ethyl adjacent to an activating group) is 1. The molecule has 3 aromatic heterocycles. The Kier molecular flexibility index (Phi) is 7.33. The molecule has 3 N–H and O–H groups in total. The number of aromatic nitrogens is 4. The Hall–Kier alpha value is -3.28. The Balaban J connectivity index is 1.57. The first-order valence-corrected chi connectivity index (χ1v) is 11.4. The number of pyridine rings is 2. The first-order valence-electron chi connectivity index (χ1n) is 10.6. The molecule has 1 saturated heterocycles. The van der Waals surface area contributed by atoms with Gasteiger partial charge in [-0.3, -0.25) is 9.78 Å². The Bertz CT molecular complexity index is 1090. The minimum atomic E-state index is -0.624. The highest BCUT2D eigenvalue weighted by Gasteiger charge is 2.21. The van der Waals surface area contributed by atoms with Crippen molar-refractivity contribution in [2.45, 2.75) is 23.1 Å². The van der Waals surface area contributed by atoms with Crippen molar-refractivity contribution in [3.63, 3.8) is 0 Å². The molecule has 11 heteroatoms. The third kappa shape index (κ3) is 6.15. The van der Waals surface area contributed by atoms with E-state index in [2.05, 4.69) is 42.1 Å². The summed E-state index contributed by atoms with van der Waals surface area (Å²) in [4.78, 5) is 34.2. The van der Waals surface area contributed by atoms with Crippen molar-refractivity contribution in [3.05, 3.63) is 48.9 Å². The monoisotopic (exact) mass is 466 g/mol. The molecule has 3 aromatic rings. The lowest BCUT2D eigenvalue weighted by Gasteiger charge is -2.34. The Morgan fingerprint density at radius 1 is 1.15 bits per heavy atom. The van der Waals surface area contributed by atoms with E-state index >= 15 is 0 Å². The van der Waals surface area contributed by atoms with E-state index in [0.29, 0.717) is 27.6 Å². The van der Waals surface area contributed by atoms with Crippen molar-refractivity contribution < 1.29 is 9.53 Å². The molecule has 33 heavy (non-hydrogen) atoms. The number of hydrogen-bond acceptors (Lipinski definition) is 10. The van der Waals surface area contributed by atoms with E-state index in [1.165, 1.54) is 11.8 Å². The van der Waals surface area contributed by atoms with Crippen LogP contribution in [-0.2, 0) is 4.79 Å². The number of nitrogens with two attached hydrogens (primary N) is 1. The molecule has 0 spiro atoms. The average Bonchev–Trinajstić information content (AvgIpc) is 2.81. The quantitative estimate of drug-likeness (QED) is 0.501. The first kappa shape index (κ1) is 22.9. The summed E-state index contributed by atoms with van der Waals surface area (Å²) >= 11 is 1.28. The standard InChI is InChI=1S/C22H26N8O2S/c1-15(23)20(31)27-18-6-3-7-19(26-18)33-22-25-14-17(30-11-9-29(2)10-12-30)21(28-22)32-16-5-4-8-24-13-16/h3-8,13-15H,9-12,23H2,1-2H3,(H,26,27,31). The van der Waals surface area contributed by atoms with Crippen LogP contribution in [-0.4, -0.2) is 70.0 Å². The number of anilines is 2. The van der Waals surface area contributed by atoms with Gasteiger partial charge in [0.15, 0.2) is 5.16 Å². The van der Waals surface area contributed by atoms with Gasteiger partial charge >= 0.3 is 0 Å². The zero-order chi connectivity index (χ0) is 23.2. The first-order chi connectivity index (χ1) is 16.0. The van der Waals surface area contributed by atoms with Gasteiger partial charge in [0.25, 0.3) is 0 Å². The smallest absolute Gasteiger partial charge is 0.247 e. The highest BCUT2D eigenvalue weighted by atomic mass is 32.2. The lowest BCUT2D eigenvalue weighted by molar-refractivity contribution is -0.117. The number of amides is 1. The van der Waals surface area contributed by atoms with E-state index in [1.807, 2.05) is 18.2 Å². The fraction of sp³-hybridized carbons (Fsp3) is 0.318. The second-order valence-corrected chi connectivity index (χ2v) is 8.65. The predicted octanol–water partition coefficient (Wildman–Crippen LogP) is 2.25. The lowest BCUT2D eigenvalue weighted by Crippen LogP contribution is -2.44. The number of piperazine rings is 1. The summed E-state index contributed by atoms with van der Waals surface area (Å²) in [6.45, 7) is 5.24.